The van der Waals surface area contributed by atoms with Crippen molar-refractivity contribution in [3.63, 3.8) is 0 Å². The Hall–Kier alpha value is -3.23. The molecule has 8 nitrogen and oxygen atoms in total. The van der Waals surface area contributed by atoms with Gasteiger partial charge in [-0.2, -0.15) is 0 Å². The Balaban J connectivity index is 1.70. The first-order valence-electron chi connectivity index (χ1n) is 8.65. The summed E-state index contributed by atoms with van der Waals surface area (Å²) in [5, 5.41) is 20.0. The highest BCUT2D eigenvalue weighted by Gasteiger charge is 2.30. The van der Waals surface area contributed by atoms with E-state index in [1.165, 1.54) is 13.2 Å². The van der Waals surface area contributed by atoms with Crippen molar-refractivity contribution in [2.75, 3.05) is 25.1 Å². The summed E-state index contributed by atoms with van der Waals surface area (Å²) >= 11 is 0. The topological polar surface area (TPSA) is 85.8 Å². The minimum absolute atomic E-state index is 0.00866. The first-order valence-corrected chi connectivity index (χ1v) is 8.65. The van der Waals surface area contributed by atoms with Crippen molar-refractivity contribution in [1.29, 1.82) is 0 Å². The number of benzene rings is 1. The van der Waals surface area contributed by atoms with Crippen molar-refractivity contribution in [3.8, 4) is 5.75 Å². The molecule has 1 aromatic carbocycles. The van der Waals surface area contributed by atoms with Crippen molar-refractivity contribution < 1.29 is 14.1 Å². The molecular weight excluding hydrogens is 353 g/mol. The highest BCUT2D eigenvalue weighted by Crippen LogP contribution is 2.38. The van der Waals surface area contributed by atoms with E-state index in [4.69, 9.17) is 4.74 Å². The van der Waals surface area contributed by atoms with Crippen LogP contribution in [0.2, 0.25) is 0 Å². The molecule has 2 aromatic heterocycles. The Morgan fingerprint density at radius 1 is 1.33 bits per heavy atom. The van der Waals surface area contributed by atoms with Gasteiger partial charge in [-0.15, -0.1) is 10.2 Å². The zero-order chi connectivity index (χ0) is 19.0. The summed E-state index contributed by atoms with van der Waals surface area (Å²) in [5.74, 6) is 0.134. The van der Waals surface area contributed by atoms with Crippen molar-refractivity contribution >= 4 is 17.0 Å². The van der Waals surface area contributed by atoms with Crippen LogP contribution in [-0.4, -0.2) is 39.7 Å². The van der Waals surface area contributed by atoms with Crippen LogP contribution in [-0.2, 0) is 0 Å². The van der Waals surface area contributed by atoms with Crippen LogP contribution in [0.3, 0.4) is 0 Å². The summed E-state index contributed by atoms with van der Waals surface area (Å²) in [6, 6.07) is 8.01. The standard InChI is InChI=1S/C18H18FN5O3/c1-27-16-10-14(15(24(25)26)9-13(16)19)22-7-4-5-12(11-22)18-21-20-17-6-2-3-8-23(17)18/h2-3,6,8-10,12H,4-5,7,11H2,1H3. The number of aromatic nitrogens is 3. The average molecular weight is 371 g/mol. The van der Waals surface area contributed by atoms with E-state index >= 15 is 0 Å². The number of nitro groups is 1. The zero-order valence-electron chi connectivity index (χ0n) is 14.7. The Labute approximate surface area is 154 Å². The number of anilines is 1. The van der Waals surface area contributed by atoms with Crippen molar-refractivity contribution in [1.82, 2.24) is 14.6 Å². The molecule has 0 bridgehead atoms. The summed E-state index contributed by atoms with van der Waals surface area (Å²) in [6.07, 6.45) is 3.65. The van der Waals surface area contributed by atoms with Crippen LogP contribution in [0, 0.1) is 15.9 Å². The van der Waals surface area contributed by atoms with Crippen LogP contribution in [0.15, 0.2) is 36.5 Å². The molecule has 0 aliphatic carbocycles. The summed E-state index contributed by atoms with van der Waals surface area (Å²) in [4.78, 5) is 12.8. The number of methoxy groups -OCH3 is 1. The third-order valence-corrected chi connectivity index (χ3v) is 4.91. The quantitative estimate of drug-likeness (QED) is 0.517. The number of hydrogen-bond acceptors (Lipinski definition) is 6. The number of hydrogen-bond donors (Lipinski definition) is 0. The van der Waals surface area contributed by atoms with E-state index in [2.05, 4.69) is 10.2 Å². The predicted octanol–water partition coefficient (Wildman–Crippen LogP) is 3.17. The Bertz CT molecular complexity index is 1010. The molecule has 0 N–H and O–H groups in total. The van der Waals surface area contributed by atoms with Gasteiger partial charge >= 0.3 is 0 Å². The summed E-state index contributed by atoms with van der Waals surface area (Å²) < 4.78 is 20.9. The van der Waals surface area contributed by atoms with Crippen molar-refractivity contribution in [2.45, 2.75) is 18.8 Å². The van der Waals surface area contributed by atoms with Gasteiger partial charge in [0.05, 0.1) is 18.1 Å². The molecule has 140 valence electrons. The van der Waals surface area contributed by atoms with Crippen LogP contribution in [0.5, 0.6) is 5.75 Å². The number of halogens is 1. The second-order valence-electron chi connectivity index (χ2n) is 6.50. The molecule has 3 heterocycles. The van der Waals surface area contributed by atoms with Crippen LogP contribution in [0.4, 0.5) is 15.8 Å². The van der Waals surface area contributed by atoms with Crippen molar-refractivity contribution in [3.05, 3.63) is 58.3 Å². The predicted molar refractivity (Wildman–Crippen MR) is 96.8 cm³/mol. The average Bonchev–Trinajstić information content (AvgIpc) is 3.12. The van der Waals surface area contributed by atoms with Gasteiger partial charge in [0.25, 0.3) is 5.69 Å². The number of ether oxygens (including phenoxy) is 1. The van der Waals surface area contributed by atoms with E-state index in [1.807, 2.05) is 33.7 Å². The number of rotatable bonds is 4. The maximum absolute atomic E-state index is 14.0. The van der Waals surface area contributed by atoms with Gasteiger partial charge in [-0.1, -0.05) is 6.07 Å². The maximum atomic E-state index is 14.0. The molecule has 9 heteroatoms. The van der Waals surface area contributed by atoms with Gasteiger partial charge < -0.3 is 9.64 Å². The van der Waals surface area contributed by atoms with Crippen LogP contribution in [0.25, 0.3) is 5.65 Å². The number of piperidine rings is 1. The Morgan fingerprint density at radius 3 is 2.96 bits per heavy atom. The lowest BCUT2D eigenvalue weighted by Gasteiger charge is -2.33. The summed E-state index contributed by atoms with van der Waals surface area (Å²) in [7, 11) is 1.34. The molecule has 27 heavy (non-hydrogen) atoms. The fourth-order valence-electron chi connectivity index (χ4n) is 3.63. The molecule has 3 aromatic rings. The molecule has 0 spiro atoms. The third kappa shape index (κ3) is 3.05. The van der Waals surface area contributed by atoms with E-state index in [0.717, 1.165) is 30.4 Å². The first-order chi connectivity index (χ1) is 13.1. The lowest BCUT2D eigenvalue weighted by atomic mass is 9.96. The van der Waals surface area contributed by atoms with Gasteiger partial charge in [0.2, 0.25) is 0 Å². The fourth-order valence-corrected chi connectivity index (χ4v) is 3.63. The molecule has 1 fully saturated rings. The normalized spacial score (nSPS) is 17.3. The Kier molecular flexibility index (Phi) is 4.35. The van der Waals surface area contributed by atoms with E-state index in [1.54, 1.807) is 0 Å². The van der Waals surface area contributed by atoms with Crippen molar-refractivity contribution in [2.24, 2.45) is 0 Å². The largest absolute Gasteiger partial charge is 0.494 e. The molecule has 1 saturated heterocycles. The minimum atomic E-state index is -0.745. The highest BCUT2D eigenvalue weighted by molar-refractivity contribution is 5.66. The lowest BCUT2D eigenvalue weighted by molar-refractivity contribution is -0.384. The number of fused-ring (bicyclic) bond motifs is 1. The highest BCUT2D eigenvalue weighted by atomic mass is 19.1. The zero-order valence-corrected chi connectivity index (χ0v) is 14.7. The van der Waals surface area contributed by atoms with Crippen LogP contribution in [0.1, 0.15) is 24.6 Å². The van der Waals surface area contributed by atoms with E-state index in [0.29, 0.717) is 18.8 Å². The van der Waals surface area contributed by atoms with E-state index in [9.17, 15) is 14.5 Å². The minimum Gasteiger partial charge on any atom is -0.494 e. The lowest BCUT2D eigenvalue weighted by Crippen LogP contribution is -2.35. The third-order valence-electron chi connectivity index (χ3n) is 4.91. The maximum Gasteiger partial charge on any atom is 0.295 e. The van der Waals surface area contributed by atoms with Crippen LogP contribution >= 0.6 is 0 Å². The van der Waals surface area contributed by atoms with Crippen LogP contribution < -0.4 is 9.64 Å². The summed E-state index contributed by atoms with van der Waals surface area (Å²) in [5.41, 5.74) is 0.857. The van der Waals surface area contributed by atoms with E-state index < -0.39 is 10.7 Å². The van der Waals surface area contributed by atoms with Gasteiger partial charge in [0.1, 0.15) is 11.5 Å². The van der Waals surface area contributed by atoms with E-state index in [-0.39, 0.29) is 17.4 Å². The Morgan fingerprint density at radius 2 is 2.19 bits per heavy atom. The first kappa shape index (κ1) is 17.2. The fraction of sp³-hybridized carbons (Fsp3) is 0.333. The number of nitrogens with zero attached hydrogens (tertiary/aromatic N) is 5. The molecule has 0 saturated carbocycles. The van der Waals surface area contributed by atoms with Gasteiger partial charge in [0.15, 0.2) is 17.2 Å². The molecule has 1 atom stereocenters. The second kappa shape index (κ2) is 6.82. The molecule has 0 radical (unpaired) electrons. The second-order valence-corrected chi connectivity index (χ2v) is 6.50. The smallest absolute Gasteiger partial charge is 0.295 e. The SMILES string of the molecule is COc1cc(N2CCCC(c3nnc4ccccn34)C2)c([N+](=O)[O-])cc1F. The molecule has 1 unspecified atom stereocenters. The van der Waals surface area contributed by atoms with Gasteiger partial charge in [-0.3, -0.25) is 14.5 Å². The number of nitro benzene ring substituents is 1. The molecular formula is C18H18FN5O3. The molecule has 1 aliphatic heterocycles. The molecule has 4 rings (SSSR count). The number of pyridine rings is 1. The molecule has 1 aliphatic rings. The van der Waals surface area contributed by atoms with Gasteiger partial charge in [-0.25, -0.2) is 4.39 Å². The van der Waals surface area contributed by atoms with Gasteiger partial charge in [-0.05, 0) is 25.0 Å². The monoisotopic (exact) mass is 371 g/mol. The molecule has 0 amide bonds. The van der Waals surface area contributed by atoms with Gasteiger partial charge in [0, 0.05) is 31.3 Å². The summed E-state index contributed by atoms with van der Waals surface area (Å²) in [6.45, 7) is 1.17.